The van der Waals surface area contributed by atoms with Crippen molar-refractivity contribution in [2.24, 2.45) is 5.10 Å². The van der Waals surface area contributed by atoms with Crippen molar-refractivity contribution in [3.63, 3.8) is 0 Å². The van der Waals surface area contributed by atoms with E-state index in [1.807, 2.05) is 36.4 Å². The van der Waals surface area contributed by atoms with Crippen molar-refractivity contribution in [1.29, 1.82) is 0 Å². The largest absolute Gasteiger partial charge is 0.489 e. The molecule has 1 N–H and O–H groups in total. The van der Waals surface area contributed by atoms with Gasteiger partial charge in [-0.05, 0) is 65.2 Å². The van der Waals surface area contributed by atoms with Crippen LogP contribution in [-0.4, -0.2) is 17.0 Å². The number of benzene rings is 4. The molecule has 164 valence electrons. The Hall–Kier alpha value is -4.52. The summed E-state index contributed by atoms with van der Waals surface area (Å²) in [7, 11) is 0. The molecule has 7 heteroatoms. The first-order valence-corrected chi connectivity index (χ1v) is 10.3. The summed E-state index contributed by atoms with van der Waals surface area (Å²) in [6.07, 6.45) is 1.49. The van der Waals surface area contributed by atoms with Crippen molar-refractivity contribution in [3.8, 4) is 5.75 Å². The lowest BCUT2D eigenvalue weighted by Crippen LogP contribution is -2.17. The molecule has 4 rings (SSSR count). The lowest BCUT2D eigenvalue weighted by atomic mass is 10.1. The summed E-state index contributed by atoms with van der Waals surface area (Å²) in [5.41, 5.74) is 4.79. The molecular formula is C26H21N3O4. The van der Waals surface area contributed by atoms with Crippen molar-refractivity contribution in [2.75, 3.05) is 0 Å². The van der Waals surface area contributed by atoms with E-state index < -0.39 is 10.8 Å². The van der Waals surface area contributed by atoms with Crippen molar-refractivity contribution in [3.05, 3.63) is 117 Å². The van der Waals surface area contributed by atoms with E-state index in [4.69, 9.17) is 4.74 Å². The second kappa shape index (κ2) is 9.74. The molecule has 1 amide bonds. The van der Waals surface area contributed by atoms with Gasteiger partial charge in [0.1, 0.15) is 12.4 Å². The first-order valence-electron chi connectivity index (χ1n) is 10.3. The summed E-state index contributed by atoms with van der Waals surface area (Å²) < 4.78 is 5.87. The molecule has 0 aliphatic heterocycles. The number of rotatable bonds is 7. The van der Waals surface area contributed by atoms with E-state index in [0.717, 1.165) is 16.9 Å². The van der Waals surface area contributed by atoms with E-state index in [9.17, 15) is 14.9 Å². The van der Waals surface area contributed by atoms with Gasteiger partial charge in [-0.1, -0.05) is 42.5 Å². The predicted molar refractivity (Wildman–Crippen MR) is 128 cm³/mol. The van der Waals surface area contributed by atoms with Crippen molar-refractivity contribution in [1.82, 2.24) is 5.43 Å². The number of carbonyl (C=O) groups is 1. The summed E-state index contributed by atoms with van der Waals surface area (Å²) in [5, 5.41) is 17.3. The van der Waals surface area contributed by atoms with Gasteiger partial charge in [-0.15, -0.1) is 0 Å². The molecule has 0 aliphatic rings. The minimum atomic E-state index is -0.523. The number of fused-ring (bicyclic) bond motifs is 1. The molecule has 0 aliphatic carbocycles. The number of ether oxygens (including phenoxy) is 1. The fourth-order valence-corrected chi connectivity index (χ4v) is 3.32. The third-order valence-electron chi connectivity index (χ3n) is 5.15. The van der Waals surface area contributed by atoms with Gasteiger partial charge in [0.15, 0.2) is 0 Å². The predicted octanol–water partition coefficient (Wildman–Crippen LogP) is 5.40. The Labute approximate surface area is 190 Å². The molecule has 4 aromatic carbocycles. The lowest BCUT2D eigenvalue weighted by molar-refractivity contribution is -0.385. The maximum absolute atomic E-state index is 12.2. The zero-order valence-corrected chi connectivity index (χ0v) is 17.9. The Kier molecular flexibility index (Phi) is 6.40. The van der Waals surface area contributed by atoms with Gasteiger partial charge in [-0.3, -0.25) is 14.9 Å². The minimum absolute atomic E-state index is 0.106. The summed E-state index contributed by atoms with van der Waals surface area (Å²) in [6, 6.07) is 26.0. The summed E-state index contributed by atoms with van der Waals surface area (Å²) >= 11 is 0. The highest BCUT2D eigenvalue weighted by molar-refractivity contribution is 5.95. The van der Waals surface area contributed by atoms with Crippen LogP contribution < -0.4 is 10.2 Å². The number of nitro groups is 1. The third kappa shape index (κ3) is 5.40. The van der Waals surface area contributed by atoms with E-state index >= 15 is 0 Å². The van der Waals surface area contributed by atoms with Gasteiger partial charge in [0.25, 0.3) is 11.6 Å². The summed E-state index contributed by atoms with van der Waals surface area (Å²) in [6.45, 7) is 2.07. The SMILES string of the molecule is Cc1ccc(C(=O)N/N=C\c2ccc(OCc3ccc4ccccc4c3)cc2)cc1[N+](=O)[O-]. The van der Waals surface area contributed by atoms with E-state index in [-0.39, 0.29) is 11.3 Å². The number of carbonyl (C=O) groups excluding carboxylic acids is 1. The molecule has 0 saturated heterocycles. The number of hydrogen-bond acceptors (Lipinski definition) is 5. The van der Waals surface area contributed by atoms with Gasteiger partial charge in [0.2, 0.25) is 0 Å². The minimum Gasteiger partial charge on any atom is -0.489 e. The maximum Gasteiger partial charge on any atom is 0.273 e. The van der Waals surface area contributed by atoms with Crippen molar-refractivity contribution < 1.29 is 14.5 Å². The van der Waals surface area contributed by atoms with E-state index in [0.29, 0.717) is 12.2 Å². The highest BCUT2D eigenvalue weighted by Gasteiger charge is 2.14. The van der Waals surface area contributed by atoms with Gasteiger partial charge in [0.05, 0.1) is 11.1 Å². The Balaban J connectivity index is 1.33. The molecule has 0 fully saturated rings. The van der Waals surface area contributed by atoms with E-state index in [1.165, 1.54) is 35.2 Å². The second-order valence-corrected chi connectivity index (χ2v) is 7.50. The van der Waals surface area contributed by atoms with Crippen LogP contribution in [0.2, 0.25) is 0 Å². The van der Waals surface area contributed by atoms with Crippen LogP contribution >= 0.6 is 0 Å². The molecule has 0 spiro atoms. The number of aryl methyl sites for hydroxylation is 1. The van der Waals surface area contributed by atoms with Crippen LogP contribution in [0.5, 0.6) is 5.75 Å². The quantitative estimate of drug-likeness (QED) is 0.237. The van der Waals surface area contributed by atoms with Gasteiger partial charge < -0.3 is 4.74 Å². The van der Waals surface area contributed by atoms with E-state index in [1.54, 1.807) is 6.92 Å². The average Bonchev–Trinajstić information content (AvgIpc) is 2.83. The van der Waals surface area contributed by atoms with Gasteiger partial charge in [-0.25, -0.2) is 5.43 Å². The van der Waals surface area contributed by atoms with Crippen LogP contribution in [0.1, 0.15) is 27.0 Å². The first kappa shape index (κ1) is 21.7. The average molecular weight is 439 g/mol. The zero-order valence-electron chi connectivity index (χ0n) is 17.9. The van der Waals surface area contributed by atoms with Crippen molar-refractivity contribution >= 4 is 28.6 Å². The molecule has 0 atom stereocenters. The van der Waals surface area contributed by atoms with Crippen LogP contribution in [0, 0.1) is 17.0 Å². The monoisotopic (exact) mass is 439 g/mol. The standard InChI is InChI=1S/C26H21N3O4/c1-18-6-10-23(15-25(18)29(31)32)26(30)28-27-16-19-8-12-24(13-9-19)33-17-20-7-11-21-4-2-3-5-22(21)14-20/h2-16H,17H2,1H3,(H,28,30)/b27-16-. The van der Waals surface area contributed by atoms with Gasteiger partial charge in [0, 0.05) is 17.2 Å². The molecule has 0 unspecified atom stereocenters. The Morgan fingerprint density at radius 1 is 1.00 bits per heavy atom. The Bertz CT molecular complexity index is 1350. The molecule has 33 heavy (non-hydrogen) atoms. The maximum atomic E-state index is 12.2. The Morgan fingerprint density at radius 2 is 1.76 bits per heavy atom. The molecule has 7 nitrogen and oxygen atoms in total. The molecular weight excluding hydrogens is 418 g/mol. The molecule has 0 heterocycles. The first-order chi connectivity index (χ1) is 16.0. The normalized spacial score (nSPS) is 10.9. The van der Waals surface area contributed by atoms with Crippen molar-refractivity contribution in [2.45, 2.75) is 13.5 Å². The highest BCUT2D eigenvalue weighted by atomic mass is 16.6. The number of nitrogens with one attached hydrogen (secondary N) is 1. The zero-order chi connectivity index (χ0) is 23.2. The molecule has 0 radical (unpaired) electrons. The Morgan fingerprint density at radius 3 is 2.52 bits per heavy atom. The number of nitro benzene ring substituents is 1. The second-order valence-electron chi connectivity index (χ2n) is 7.50. The van der Waals surface area contributed by atoms with E-state index in [2.05, 4.69) is 40.9 Å². The van der Waals surface area contributed by atoms with Crippen LogP contribution in [0.4, 0.5) is 5.69 Å². The van der Waals surface area contributed by atoms with Gasteiger partial charge >= 0.3 is 0 Å². The van der Waals surface area contributed by atoms with Crippen LogP contribution in [0.3, 0.4) is 0 Å². The number of amides is 1. The fraction of sp³-hybridized carbons (Fsp3) is 0.0769. The third-order valence-corrected chi connectivity index (χ3v) is 5.15. The van der Waals surface area contributed by atoms with Gasteiger partial charge in [-0.2, -0.15) is 5.10 Å². The molecule has 4 aromatic rings. The lowest BCUT2D eigenvalue weighted by Gasteiger charge is -2.07. The molecule has 0 saturated carbocycles. The number of nitrogens with zero attached hydrogens (tertiary/aromatic N) is 2. The fourth-order valence-electron chi connectivity index (χ4n) is 3.32. The highest BCUT2D eigenvalue weighted by Crippen LogP contribution is 2.20. The topological polar surface area (TPSA) is 93.8 Å². The summed E-state index contributed by atoms with van der Waals surface area (Å²) in [4.78, 5) is 22.7. The van der Waals surface area contributed by atoms with Crippen LogP contribution in [0.25, 0.3) is 10.8 Å². The summed E-state index contributed by atoms with van der Waals surface area (Å²) in [5.74, 6) is 0.195. The smallest absolute Gasteiger partial charge is 0.273 e. The molecule has 0 aromatic heterocycles. The number of hydrazone groups is 1. The van der Waals surface area contributed by atoms with Crippen LogP contribution in [-0.2, 0) is 6.61 Å². The van der Waals surface area contributed by atoms with Crippen LogP contribution in [0.15, 0.2) is 90.0 Å². The molecule has 0 bridgehead atoms. The number of hydrogen-bond donors (Lipinski definition) is 1.